The Kier molecular flexibility index (Phi) is 5.72. The number of alkyl halides is 1. The second kappa shape index (κ2) is 7.09. The third-order valence-corrected chi connectivity index (χ3v) is 4.70. The highest BCUT2D eigenvalue weighted by Gasteiger charge is 2.25. The van der Waals surface area contributed by atoms with Crippen LogP contribution in [0.1, 0.15) is 36.0 Å². The summed E-state index contributed by atoms with van der Waals surface area (Å²) in [5.74, 6) is 0.593. The first kappa shape index (κ1) is 15.3. The standard InChI is InChI=1S/C14H16Br2ClNO/c15-11-6-10(7-12(16)8-11)14(19)18-5-3-1-2-4-13(18)9-17/h6-8,13H,1-5,9H2. The minimum absolute atomic E-state index is 0.0783. The van der Waals surface area contributed by atoms with Crippen molar-refractivity contribution in [2.24, 2.45) is 0 Å². The van der Waals surface area contributed by atoms with Crippen molar-refractivity contribution < 1.29 is 4.79 Å². The zero-order valence-electron chi connectivity index (χ0n) is 10.5. The maximum Gasteiger partial charge on any atom is 0.254 e. The number of hydrogen-bond donors (Lipinski definition) is 0. The number of hydrogen-bond acceptors (Lipinski definition) is 1. The van der Waals surface area contributed by atoms with E-state index in [1.54, 1.807) is 0 Å². The fourth-order valence-electron chi connectivity index (χ4n) is 2.45. The molecule has 2 rings (SSSR count). The molecule has 1 atom stereocenters. The molecule has 1 aliphatic heterocycles. The molecule has 0 bridgehead atoms. The minimum atomic E-state index is 0.0783. The number of halogens is 3. The molecule has 104 valence electrons. The second-order valence-electron chi connectivity index (χ2n) is 4.81. The summed E-state index contributed by atoms with van der Waals surface area (Å²) in [4.78, 5) is 14.6. The van der Waals surface area contributed by atoms with Crippen LogP contribution < -0.4 is 0 Å². The largest absolute Gasteiger partial charge is 0.334 e. The third kappa shape index (κ3) is 3.96. The molecule has 0 spiro atoms. The Hall–Kier alpha value is -0.0600. The minimum Gasteiger partial charge on any atom is -0.334 e. The smallest absolute Gasteiger partial charge is 0.254 e. The van der Waals surface area contributed by atoms with E-state index in [9.17, 15) is 4.79 Å². The molecular formula is C14H16Br2ClNO. The molecule has 5 heteroatoms. The van der Waals surface area contributed by atoms with Crippen LogP contribution in [0, 0.1) is 0 Å². The van der Waals surface area contributed by atoms with Crippen LogP contribution in [0.3, 0.4) is 0 Å². The fourth-order valence-corrected chi connectivity index (χ4v) is 4.06. The molecule has 0 aromatic heterocycles. The van der Waals surface area contributed by atoms with E-state index < -0.39 is 0 Å². The van der Waals surface area contributed by atoms with Gasteiger partial charge in [0.15, 0.2) is 0 Å². The summed E-state index contributed by atoms with van der Waals surface area (Å²) in [6.07, 6.45) is 4.40. The van der Waals surface area contributed by atoms with Gasteiger partial charge >= 0.3 is 0 Å². The summed E-state index contributed by atoms with van der Waals surface area (Å²) in [6.45, 7) is 0.806. The Morgan fingerprint density at radius 1 is 1.21 bits per heavy atom. The molecule has 0 radical (unpaired) electrons. The average Bonchev–Trinajstić information content (AvgIpc) is 2.61. The number of rotatable bonds is 2. The van der Waals surface area contributed by atoms with Gasteiger partial charge in [-0.1, -0.05) is 44.7 Å². The van der Waals surface area contributed by atoms with E-state index in [1.165, 1.54) is 6.42 Å². The van der Waals surface area contributed by atoms with E-state index in [-0.39, 0.29) is 11.9 Å². The van der Waals surface area contributed by atoms with Crippen molar-refractivity contribution in [3.05, 3.63) is 32.7 Å². The topological polar surface area (TPSA) is 20.3 Å². The number of nitrogens with zero attached hydrogens (tertiary/aromatic N) is 1. The molecular weight excluding hydrogens is 393 g/mol. The third-order valence-electron chi connectivity index (χ3n) is 3.43. The van der Waals surface area contributed by atoms with Gasteiger partial charge in [-0.25, -0.2) is 0 Å². The van der Waals surface area contributed by atoms with Gasteiger partial charge in [0.1, 0.15) is 0 Å². The highest BCUT2D eigenvalue weighted by Crippen LogP contribution is 2.24. The first-order valence-electron chi connectivity index (χ1n) is 6.45. The number of benzene rings is 1. The second-order valence-corrected chi connectivity index (χ2v) is 6.95. The molecule has 0 N–H and O–H groups in total. The van der Waals surface area contributed by atoms with Crippen LogP contribution >= 0.6 is 43.5 Å². The maximum absolute atomic E-state index is 12.7. The van der Waals surface area contributed by atoms with E-state index in [1.807, 2.05) is 23.1 Å². The molecule has 1 aromatic carbocycles. The van der Waals surface area contributed by atoms with Gasteiger partial charge in [0, 0.05) is 33.0 Å². The summed E-state index contributed by atoms with van der Waals surface area (Å²) in [7, 11) is 0. The van der Waals surface area contributed by atoms with Crippen LogP contribution in [-0.4, -0.2) is 29.3 Å². The molecule has 1 fully saturated rings. The molecule has 1 heterocycles. The Bertz CT molecular complexity index is 447. The van der Waals surface area contributed by atoms with Crippen molar-refractivity contribution >= 4 is 49.4 Å². The predicted molar refractivity (Wildman–Crippen MR) is 85.9 cm³/mol. The molecule has 0 aliphatic carbocycles. The molecule has 1 aliphatic rings. The van der Waals surface area contributed by atoms with Crippen LogP contribution in [0.15, 0.2) is 27.1 Å². The molecule has 1 unspecified atom stereocenters. The van der Waals surface area contributed by atoms with Crippen LogP contribution in [0.25, 0.3) is 0 Å². The highest BCUT2D eigenvalue weighted by atomic mass is 79.9. The monoisotopic (exact) mass is 407 g/mol. The van der Waals surface area contributed by atoms with E-state index in [0.29, 0.717) is 11.4 Å². The highest BCUT2D eigenvalue weighted by molar-refractivity contribution is 9.11. The van der Waals surface area contributed by atoms with Gasteiger partial charge in [0.05, 0.1) is 0 Å². The summed E-state index contributed by atoms with van der Waals surface area (Å²) >= 11 is 12.9. The quantitative estimate of drug-likeness (QED) is 0.641. The summed E-state index contributed by atoms with van der Waals surface area (Å²) in [6, 6.07) is 5.82. The van der Waals surface area contributed by atoms with Gasteiger partial charge in [-0.2, -0.15) is 0 Å². The van der Waals surface area contributed by atoms with Crippen molar-refractivity contribution in [3.8, 4) is 0 Å². The van der Waals surface area contributed by atoms with Crippen molar-refractivity contribution in [1.29, 1.82) is 0 Å². The van der Waals surface area contributed by atoms with Crippen LogP contribution in [0.2, 0.25) is 0 Å². The fraction of sp³-hybridized carbons (Fsp3) is 0.500. The average molecular weight is 410 g/mol. The molecule has 1 aromatic rings. The first-order valence-corrected chi connectivity index (χ1v) is 8.57. The predicted octanol–water partition coefficient (Wildman–Crippen LogP) is 4.84. The van der Waals surface area contributed by atoms with Crippen molar-refractivity contribution in [2.45, 2.75) is 31.7 Å². The SMILES string of the molecule is O=C(c1cc(Br)cc(Br)c1)N1CCCCCC1CCl. The van der Waals surface area contributed by atoms with Gasteiger partial charge in [-0.05, 0) is 31.0 Å². The zero-order valence-corrected chi connectivity index (χ0v) is 14.5. The Morgan fingerprint density at radius 2 is 1.89 bits per heavy atom. The number of amides is 1. The Morgan fingerprint density at radius 3 is 2.53 bits per heavy atom. The van der Waals surface area contributed by atoms with Crippen LogP contribution in [0.4, 0.5) is 0 Å². The van der Waals surface area contributed by atoms with E-state index in [4.69, 9.17) is 11.6 Å². The van der Waals surface area contributed by atoms with E-state index >= 15 is 0 Å². The lowest BCUT2D eigenvalue weighted by atomic mass is 10.1. The van der Waals surface area contributed by atoms with Gasteiger partial charge < -0.3 is 4.90 Å². The Labute approximate surface area is 135 Å². The first-order chi connectivity index (χ1) is 9.11. The van der Waals surface area contributed by atoms with Crippen molar-refractivity contribution in [1.82, 2.24) is 4.90 Å². The number of carbonyl (C=O) groups excluding carboxylic acids is 1. The molecule has 19 heavy (non-hydrogen) atoms. The summed E-state index contributed by atoms with van der Waals surface area (Å²) in [5, 5.41) is 0. The van der Waals surface area contributed by atoms with Gasteiger partial charge in [-0.3, -0.25) is 4.79 Å². The van der Waals surface area contributed by atoms with Gasteiger partial charge in [0.25, 0.3) is 5.91 Å². The number of likely N-dealkylation sites (tertiary alicyclic amines) is 1. The Balaban J connectivity index is 2.25. The lowest BCUT2D eigenvalue weighted by Crippen LogP contribution is -2.41. The molecule has 0 saturated carbocycles. The van der Waals surface area contributed by atoms with Crippen LogP contribution in [-0.2, 0) is 0 Å². The van der Waals surface area contributed by atoms with Gasteiger partial charge in [-0.15, -0.1) is 11.6 Å². The van der Waals surface area contributed by atoms with Crippen molar-refractivity contribution in [3.63, 3.8) is 0 Å². The molecule has 2 nitrogen and oxygen atoms in total. The van der Waals surface area contributed by atoms with Crippen molar-refractivity contribution in [2.75, 3.05) is 12.4 Å². The summed E-state index contributed by atoms with van der Waals surface area (Å²) in [5.41, 5.74) is 0.707. The lowest BCUT2D eigenvalue weighted by Gasteiger charge is -2.28. The summed E-state index contributed by atoms with van der Waals surface area (Å²) < 4.78 is 1.81. The van der Waals surface area contributed by atoms with Gasteiger partial charge in [0.2, 0.25) is 0 Å². The number of carbonyl (C=O) groups is 1. The maximum atomic E-state index is 12.7. The molecule has 1 saturated heterocycles. The lowest BCUT2D eigenvalue weighted by molar-refractivity contribution is 0.0700. The molecule has 1 amide bonds. The van der Waals surface area contributed by atoms with Crippen LogP contribution in [0.5, 0.6) is 0 Å². The normalized spacial score (nSPS) is 20.2. The van der Waals surface area contributed by atoms with E-state index in [2.05, 4.69) is 31.9 Å². The zero-order chi connectivity index (χ0) is 13.8. The van der Waals surface area contributed by atoms with E-state index in [0.717, 1.165) is 34.8 Å².